The van der Waals surface area contributed by atoms with Gasteiger partial charge in [-0.1, -0.05) is 6.07 Å². The molecular weight excluding hydrogens is 250 g/mol. The number of piperidine rings is 1. The van der Waals surface area contributed by atoms with Gasteiger partial charge in [-0.3, -0.25) is 9.47 Å². The topological polar surface area (TPSA) is 41.0 Å². The normalized spacial score (nSPS) is 20.9. The highest BCUT2D eigenvalue weighted by Gasteiger charge is 2.28. The molecule has 1 atom stereocenters. The van der Waals surface area contributed by atoms with Gasteiger partial charge in [0.1, 0.15) is 0 Å². The molecule has 4 nitrogen and oxygen atoms in total. The Kier molecular flexibility index (Phi) is 3.42. The van der Waals surface area contributed by atoms with Gasteiger partial charge in [-0.25, -0.2) is 4.79 Å². The van der Waals surface area contributed by atoms with Crippen LogP contribution in [-0.4, -0.2) is 27.0 Å². The van der Waals surface area contributed by atoms with Gasteiger partial charge in [0.15, 0.2) is 0 Å². The van der Waals surface area contributed by atoms with E-state index in [0.717, 1.165) is 24.0 Å². The number of aryl methyl sites for hydroxylation is 1. The van der Waals surface area contributed by atoms with Gasteiger partial charge in [0.05, 0.1) is 17.2 Å². The first-order chi connectivity index (χ1) is 9.58. The standard InChI is InChI=1S/C16H23N3O/c1-11(2)18-9-5-4-6-15(18)19-14-10-12(3)7-8-13(14)17-16(19)20/h7-8,10-11,15H,4-6,9H2,1-3H3,(H,17,20). The number of H-pyrrole nitrogens is 1. The summed E-state index contributed by atoms with van der Waals surface area (Å²) in [5.41, 5.74) is 3.18. The van der Waals surface area contributed by atoms with Crippen LogP contribution in [-0.2, 0) is 0 Å². The number of nitrogens with zero attached hydrogens (tertiary/aromatic N) is 2. The molecular formula is C16H23N3O. The molecule has 1 N–H and O–H groups in total. The molecule has 2 aromatic rings. The average Bonchev–Trinajstić information content (AvgIpc) is 2.74. The Hall–Kier alpha value is -1.55. The van der Waals surface area contributed by atoms with Crippen LogP contribution in [0.25, 0.3) is 11.0 Å². The lowest BCUT2D eigenvalue weighted by molar-refractivity contribution is 0.0649. The van der Waals surface area contributed by atoms with Gasteiger partial charge in [0, 0.05) is 12.6 Å². The van der Waals surface area contributed by atoms with Crippen molar-refractivity contribution in [2.24, 2.45) is 0 Å². The minimum atomic E-state index is 0.0168. The number of nitrogens with one attached hydrogen (secondary N) is 1. The van der Waals surface area contributed by atoms with Crippen molar-refractivity contribution in [3.63, 3.8) is 0 Å². The maximum absolute atomic E-state index is 12.4. The minimum absolute atomic E-state index is 0.0168. The van der Waals surface area contributed by atoms with E-state index in [2.05, 4.69) is 36.7 Å². The highest BCUT2D eigenvalue weighted by Crippen LogP contribution is 2.29. The molecule has 0 spiro atoms. The summed E-state index contributed by atoms with van der Waals surface area (Å²) < 4.78 is 1.96. The number of hydrogen-bond donors (Lipinski definition) is 1. The third kappa shape index (κ3) is 2.18. The number of fused-ring (bicyclic) bond motifs is 1. The van der Waals surface area contributed by atoms with E-state index in [1.54, 1.807) is 0 Å². The summed E-state index contributed by atoms with van der Waals surface area (Å²) >= 11 is 0. The first-order valence-electron chi connectivity index (χ1n) is 7.54. The number of aromatic amines is 1. The second-order valence-electron chi connectivity index (χ2n) is 6.13. The SMILES string of the molecule is Cc1ccc2[nH]c(=O)n(C3CCCCN3C(C)C)c2c1. The molecule has 1 aliphatic heterocycles. The average molecular weight is 273 g/mol. The predicted octanol–water partition coefficient (Wildman–Crippen LogP) is 3.03. The van der Waals surface area contributed by atoms with Crippen LogP contribution in [0.2, 0.25) is 0 Å². The van der Waals surface area contributed by atoms with Crippen molar-refractivity contribution >= 4 is 11.0 Å². The molecule has 2 heterocycles. The number of imidazole rings is 1. The smallest absolute Gasteiger partial charge is 0.305 e. The molecule has 0 saturated carbocycles. The van der Waals surface area contributed by atoms with Gasteiger partial charge in [-0.15, -0.1) is 0 Å². The minimum Gasteiger partial charge on any atom is -0.305 e. The number of benzene rings is 1. The van der Waals surface area contributed by atoms with Crippen molar-refractivity contribution in [3.05, 3.63) is 34.2 Å². The van der Waals surface area contributed by atoms with Crippen LogP contribution in [0.5, 0.6) is 0 Å². The van der Waals surface area contributed by atoms with Crippen molar-refractivity contribution in [3.8, 4) is 0 Å². The molecule has 1 aromatic carbocycles. The zero-order valence-electron chi connectivity index (χ0n) is 12.5. The van der Waals surface area contributed by atoms with Gasteiger partial charge in [0.25, 0.3) is 0 Å². The van der Waals surface area contributed by atoms with Crippen LogP contribution < -0.4 is 5.69 Å². The summed E-state index contributed by atoms with van der Waals surface area (Å²) in [5, 5.41) is 0. The highest BCUT2D eigenvalue weighted by molar-refractivity contribution is 5.76. The Morgan fingerprint density at radius 2 is 2.10 bits per heavy atom. The monoisotopic (exact) mass is 273 g/mol. The Bertz CT molecular complexity index is 668. The zero-order valence-corrected chi connectivity index (χ0v) is 12.5. The maximum atomic E-state index is 12.4. The van der Waals surface area contributed by atoms with E-state index >= 15 is 0 Å². The molecule has 0 bridgehead atoms. The summed E-state index contributed by atoms with van der Waals surface area (Å²) in [5.74, 6) is 0. The van der Waals surface area contributed by atoms with Crippen molar-refractivity contribution in [1.29, 1.82) is 0 Å². The molecule has 1 unspecified atom stereocenters. The van der Waals surface area contributed by atoms with Crippen molar-refractivity contribution in [2.75, 3.05) is 6.54 Å². The van der Waals surface area contributed by atoms with Gasteiger partial charge in [-0.05, 0) is 57.7 Å². The summed E-state index contributed by atoms with van der Waals surface area (Å²) in [6.45, 7) is 7.57. The van der Waals surface area contributed by atoms with E-state index in [1.807, 2.05) is 16.7 Å². The molecule has 1 fully saturated rings. The van der Waals surface area contributed by atoms with Crippen molar-refractivity contribution in [1.82, 2.24) is 14.5 Å². The van der Waals surface area contributed by atoms with Gasteiger partial charge in [-0.2, -0.15) is 0 Å². The van der Waals surface area contributed by atoms with E-state index in [1.165, 1.54) is 18.4 Å². The van der Waals surface area contributed by atoms with E-state index in [4.69, 9.17) is 0 Å². The fourth-order valence-electron chi connectivity index (χ4n) is 3.34. The molecule has 1 aromatic heterocycles. The Morgan fingerprint density at radius 3 is 2.85 bits per heavy atom. The second-order valence-corrected chi connectivity index (χ2v) is 6.13. The first kappa shape index (κ1) is 13.4. The number of rotatable bonds is 2. The number of aromatic nitrogens is 2. The molecule has 20 heavy (non-hydrogen) atoms. The molecule has 4 heteroatoms. The van der Waals surface area contributed by atoms with Gasteiger partial charge in [0.2, 0.25) is 0 Å². The molecule has 1 aliphatic rings. The van der Waals surface area contributed by atoms with E-state index in [0.29, 0.717) is 6.04 Å². The second kappa shape index (κ2) is 5.09. The van der Waals surface area contributed by atoms with E-state index < -0.39 is 0 Å². The zero-order chi connectivity index (χ0) is 14.3. The summed E-state index contributed by atoms with van der Waals surface area (Å²) in [7, 11) is 0. The highest BCUT2D eigenvalue weighted by atomic mass is 16.1. The maximum Gasteiger partial charge on any atom is 0.327 e. The molecule has 3 rings (SSSR count). The molecule has 108 valence electrons. The van der Waals surface area contributed by atoms with Crippen molar-refractivity contribution < 1.29 is 0 Å². The van der Waals surface area contributed by atoms with Gasteiger partial charge >= 0.3 is 5.69 Å². The quantitative estimate of drug-likeness (QED) is 0.913. The third-order valence-electron chi connectivity index (χ3n) is 4.35. The molecule has 1 saturated heterocycles. The largest absolute Gasteiger partial charge is 0.327 e. The lowest BCUT2D eigenvalue weighted by Gasteiger charge is -2.39. The number of hydrogen-bond acceptors (Lipinski definition) is 2. The lowest BCUT2D eigenvalue weighted by Crippen LogP contribution is -2.43. The molecule has 0 amide bonds. The molecule has 0 aliphatic carbocycles. The fourth-order valence-corrected chi connectivity index (χ4v) is 3.34. The van der Waals surface area contributed by atoms with Crippen LogP contribution in [0.3, 0.4) is 0 Å². The van der Waals surface area contributed by atoms with E-state index in [9.17, 15) is 4.79 Å². The van der Waals surface area contributed by atoms with Crippen LogP contribution >= 0.6 is 0 Å². The van der Waals surface area contributed by atoms with Crippen LogP contribution in [0, 0.1) is 6.92 Å². The Morgan fingerprint density at radius 1 is 1.30 bits per heavy atom. The number of likely N-dealkylation sites (tertiary alicyclic amines) is 1. The summed E-state index contributed by atoms with van der Waals surface area (Å²) in [6, 6.07) is 6.62. The lowest BCUT2D eigenvalue weighted by atomic mass is 10.1. The third-order valence-corrected chi connectivity index (χ3v) is 4.35. The fraction of sp³-hybridized carbons (Fsp3) is 0.562. The van der Waals surface area contributed by atoms with Crippen LogP contribution in [0.15, 0.2) is 23.0 Å². The summed E-state index contributed by atoms with van der Waals surface area (Å²) in [6.07, 6.45) is 3.66. The van der Waals surface area contributed by atoms with E-state index in [-0.39, 0.29) is 11.9 Å². The summed E-state index contributed by atoms with van der Waals surface area (Å²) in [4.78, 5) is 17.8. The predicted molar refractivity (Wildman–Crippen MR) is 82.0 cm³/mol. The van der Waals surface area contributed by atoms with Crippen LogP contribution in [0.1, 0.15) is 44.8 Å². The Balaban J connectivity index is 2.14. The molecule has 0 radical (unpaired) electrons. The first-order valence-corrected chi connectivity index (χ1v) is 7.54. The Labute approximate surface area is 119 Å². The van der Waals surface area contributed by atoms with Crippen molar-refractivity contribution in [2.45, 2.75) is 52.2 Å². The van der Waals surface area contributed by atoms with Gasteiger partial charge < -0.3 is 4.98 Å². The van der Waals surface area contributed by atoms with Crippen LogP contribution in [0.4, 0.5) is 0 Å².